The van der Waals surface area contributed by atoms with E-state index < -0.39 is 5.91 Å². The minimum Gasteiger partial charge on any atom is -0.506 e. The van der Waals surface area contributed by atoms with Crippen molar-refractivity contribution in [3.8, 4) is 5.75 Å². The normalized spacial score (nSPS) is 17.9. The van der Waals surface area contributed by atoms with Crippen LogP contribution in [0.5, 0.6) is 5.75 Å². The Kier molecular flexibility index (Phi) is 4.32. The maximum Gasteiger partial charge on any atom is 0.278 e. The van der Waals surface area contributed by atoms with Gasteiger partial charge in [-0.2, -0.15) is 0 Å². The van der Waals surface area contributed by atoms with Crippen LogP contribution in [0.3, 0.4) is 0 Å². The van der Waals surface area contributed by atoms with Crippen LogP contribution < -0.4 is 5.32 Å². The van der Waals surface area contributed by atoms with Crippen LogP contribution in [0.4, 0.5) is 5.69 Å². The number of phenols is 1. The molecule has 1 amide bonds. The van der Waals surface area contributed by atoms with Crippen LogP contribution in [0.2, 0.25) is 0 Å². The molecule has 3 rings (SSSR count). The number of amides is 1. The first kappa shape index (κ1) is 16.5. The lowest BCUT2D eigenvalue weighted by molar-refractivity contribution is 0.0889. The van der Waals surface area contributed by atoms with Crippen molar-refractivity contribution in [3.63, 3.8) is 0 Å². The first-order valence-electron chi connectivity index (χ1n) is 8.06. The molecule has 0 saturated carbocycles. The number of hydrogen-bond donors (Lipinski definition) is 2. The molecule has 0 bridgehead atoms. The average Bonchev–Trinajstić information content (AvgIpc) is 3.18. The molecular weight excluding hydrogens is 308 g/mol. The van der Waals surface area contributed by atoms with Crippen molar-refractivity contribution in [2.75, 3.05) is 11.9 Å². The second-order valence-electron chi connectivity index (χ2n) is 7.00. The lowest BCUT2D eigenvalue weighted by Crippen LogP contribution is -2.17. The van der Waals surface area contributed by atoms with Crippen molar-refractivity contribution >= 4 is 11.6 Å². The lowest BCUT2D eigenvalue weighted by Gasteiger charge is -2.20. The zero-order valence-corrected chi connectivity index (χ0v) is 14.1. The first-order valence-corrected chi connectivity index (χ1v) is 8.06. The molecule has 0 radical (unpaired) electrons. The number of rotatable bonds is 3. The van der Waals surface area contributed by atoms with E-state index in [1.165, 1.54) is 6.39 Å². The first-order chi connectivity index (χ1) is 11.4. The second kappa shape index (κ2) is 6.28. The number of anilines is 1. The summed E-state index contributed by atoms with van der Waals surface area (Å²) in [5.74, 6) is 0.0330. The molecule has 0 spiro atoms. The Hall–Kier alpha value is -2.34. The smallest absolute Gasteiger partial charge is 0.278 e. The number of phenolic OH excluding ortho intramolecular Hbond substituents is 1. The van der Waals surface area contributed by atoms with E-state index in [0.717, 1.165) is 18.4 Å². The average molecular weight is 330 g/mol. The van der Waals surface area contributed by atoms with Crippen molar-refractivity contribution in [1.82, 2.24) is 4.98 Å². The maximum absolute atomic E-state index is 12.6. The number of aromatic nitrogens is 1. The molecule has 1 aromatic carbocycles. The molecule has 1 atom stereocenters. The van der Waals surface area contributed by atoms with Crippen LogP contribution in [0.25, 0.3) is 0 Å². The topological polar surface area (TPSA) is 84.6 Å². The van der Waals surface area contributed by atoms with Gasteiger partial charge < -0.3 is 19.6 Å². The summed E-state index contributed by atoms with van der Waals surface area (Å²) in [7, 11) is 0. The summed E-state index contributed by atoms with van der Waals surface area (Å²) < 4.78 is 10.9. The van der Waals surface area contributed by atoms with E-state index in [2.05, 4.69) is 31.1 Å². The predicted molar refractivity (Wildman–Crippen MR) is 89.2 cm³/mol. The summed E-state index contributed by atoms with van der Waals surface area (Å²) in [6, 6.07) is 5.21. The summed E-state index contributed by atoms with van der Waals surface area (Å²) in [5.41, 5.74) is 1.47. The number of aromatic hydroxyl groups is 1. The Bertz CT molecular complexity index is 740. The van der Waals surface area contributed by atoms with Crippen LogP contribution in [0.1, 0.15) is 61.5 Å². The van der Waals surface area contributed by atoms with Gasteiger partial charge in [0.25, 0.3) is 5.91 Å². The summed E-state index contributed by atoms with van der Waals surface area (Å²) in [6.45, 7) is 6.86. The minimum absolute atomic E-state index is 0.0125. The van der Waals surface area contributed by atoms with Crippen molar-refractivity contribution < 1.29 is 19.1 Å². The fraction of sp³-hybridized carbons (Fsp3) is 0.444. The van der Waals surface area contributed by atoms with Gasteiger partial charge in [0.15, 0.2) is 17.8 Å². The molecule has 24 heavy (non-hydrogen) atoms. The van der Waals surface area contributed by atoms with Crippen molar-refractivity contribution in [2.24, 2.45) is 0 Å². The Morgan fingerprint density at radius 3 is 2.83 bits per heavy atom. The van der Waals surface area contributed by atoms with Gasteiger partial charge in [-0.3, -0.25) is 4.79 Å². The highest BCUT2D eigenvalue weighted by Gasteiger charge is 2.28. The fourth-order valence-corrected chi connectivity index (χ4v) is 2.72. The molecule has 1 fully saturated rings. The summed E-state index contributed by atoms with van der Waals surface area (Å²) in [5, 5.41) is 12.8. The Balaban J connectivity index is 1.84. The van der Waals surface area contributed by atoms with Gasteiger partial charge in [-0.15, -0.1) is 0 Å². The molecule has 128 valence electrons. The van der Waals surface area contributed by atoms with Crippen molar-refractivity contribution in [3.05, 3.63) is 41.6 Å². The standard InChI is InChI=1S/C18H22N2O4/c1-18(2,3)11-6-7-13(21)12(9-11)20-17(22)15-16(24-10-19-15)14-5-4-8-23-14/h6-7,9-10,14,21H,4-5,8H2,1-3H3,(H,20,22)/t14-/m0/s1. The van der Waals surface area contributed by atoms with Gasteiger partial charge in [-0.1, -0.05) is 26.8 Å². The van der Waals surface area contributed by atoms with E-state index in [4.69, 9.17) is 9.15 Å². The number of benzene rings is 1. The fourth-order valence-electron chi connectivity index (χ4n) is 2.72. The van der Waals surface area contributed by atoms with E-state index in [1.54, 1.807) is 12.1 Å². The number of carbonyl (C=O) groups excluding carboxylic acids is 1. The van der Waals surface area contributed by atoms with E-state index >= 15 is 0 Å². The monoisotopic (exact) mass is 330 g/mol. The van der Waals surface area contributed by atoms with Gasteiger partial charge in [0.2, 0.25) is 0 Å². The maximum atomic E-state index is 12.6. The molecule has 2 N–H and O–H groups in total. The third-order valence-corrected chi connectivity index (χ3v) is 4.14. The molecule has 1 aromatic heterocycles. The van der Waals surface area contributed by atoms with Crippen LogP contribution in [0.15, 0.2) is 29.0 Å². The van der Waals surface area contributed by atoms with Crippen LogP contribution in [0, 0.1) is 0 Å². The Morgan fingerprint density at radius 1 is 1.38 bits per heavy atom. The molecule has 1 saturated heterocycles. The largest absolute Gasteiger partial charge is 0.506 e. The van der Waals surface area contributed by atoms with Crippen LogP contribution in [-0.4, -0.2) is 22.6 Å². The van der Waals surface area contributed by atoms with Crippen LogP contribution >= 0.6 is 0 Å². The number of oxazole rings is 1. The number of nitrogens with zero attached hydrogens (tertiary/aromatic N) is 1. The summed E-state index contributed by atoms with van der Waals surface area (Å²) in [4.78, 5) is 16.6. The van der Waals surface area contributed by atoms with E-state index in [0.29, 0.717) is 18.1 Å². The highest BCUT2D eigenvalue weighted by atomic mass is 16.5. The minimum atomic E-state index is -0.421. The van der Waals surface area contributed by atoms with Gasteiger partial charge in [-0.25, -0.2) is 4.98 Å². The highest BCUT2D eigenvalue weighted by Crippen LogP contribution is 2.33. The Morgan fingerprint density at radius 2 is 2.17 bits per heavy atom. The van der Waals surface area contributed by atoms with Gasteiger partial charge in [0.05, 0.1) is 5.69 Å². The lowest BCUT2D eigenvalue weighted by atomic mass is 9.87. The summed E-state index contributed by atoms with van der Waals surface area (Å²) in [6.07, 6.45) is 2.75. The van der Waals surface area contributed by atoms with Crippen molar-refractivity contribution in [1.29, 1.82) is 0 Å². The van der Waals surface area contributed by atoms with Gasteiger partial charge in [-0.05, 0) is 36.0 Å². The molecule has 0 aliphatic carbocycles. The van der Waals surface area contributed by atoms with Crippen molar-refractivity contribution in [2.45, 2.75) is 45.1 Å². The molecule has 6 nitrogen and oxygen atoms in total. The zero-order valence-electron chi connectivity index (χ0n) is 14.1. The number of nitrogens with one attached hydrogen (secondary N) is 1. The SMILES string of the molecule is CC(C)(C)c1ccc(O)c(NC(=O)c2ncoc2[C@@H]2CCCO2)c1. The number of ether oxygens (including phenoxy) is 1. The van der Waals surface area contributed by atoms with Crippen LogP contribution in [-0.2, 0) is 10.2 Å². The Labute approximate surface area is 140 Å². The highest BCUT2D eigenvalue weighted by molar-refractivity contribution is 6.04. The third-order valence-electron chi connectivity index (χ3n) is 4.14. The number of carbonyl (C=O) groups is 1. The summed E-state index contributed by atoms with van der Waals surface area (Å²) >= 11 is 0. The molecule has 0 unspecified atom stereocenters. The van der Waals surface area contributed by atoms with E-state index in [1.807, 2.05) is 6.07 Å². The molecule has 2 heterocycles. The van der Waals surface area contributed by atoms with Gasteiger partial charge >= 0.3 is 0 Å². The predicted octanol–water partition coefficient (Wildman–Crippen LogP) is 3.78. The van der Waals surface area contributed by atoms with E-state index in [-0.39, 0.29) is 23.0 Å². The number of hydrogen-bond acceptors (Lipinski definition) is 5. The third kappa shape index (κ3) is 3.28. The molecule has 1 aliphatic heterocycles. The molecule has 1 aliphatic rings. The quantitative estimate of drug-likeness (QED) is 0.837. The molecule has 6 heteroatoms. The van der Waals surface area contributed by atoms with Gasteiger partial charge in [0, 0.05) is 6.61 Å². The van der Waals surface area contributed by atoms with Gasteiger partial charge in [0.1, 0.15) is 11.9 Å². The molecular formula is C18H22N2O4. The molecule has 2 aromatic rings. The van der Waals surface area contributed by atoms with E-state index in [9.17, 15) is 9.90 Å². The zero-order chi connectivity index (χ0) is 17.3. The second-order valence-corrected chi connectivity index (χ2v) is 7.00.